The Balaban J connectivity index is 1.75. The summed E-state index contributed by atoms with van der Waals surface area (Å²) >= 11 is 5.91. The van der Waals surface area contributed by atoms with Crippen LogP contribution in [0.5, 0.6) is 0 Å². The Labute approximate surface area is 143 Å². The van der Waals surface area contributed by atoms with E-state index in [4.69, 9.17) is 11.6 Å². The maximum Gasteiger partial charge on any atom is 0.313 e. The topological polar surface area (TPSA) is 62.3 Å². The first-order valence-corrected chi connectivity index (χ1v) is 7.92. The molecule has 1 aliphatic rings. The number of carbonyl (C=O) groups excluding carboxylic acids is 2. The molecule has 0 bridgehead atoms. The molecule has 2 amide bonds. The van der Waals surface area contributed by atoms with Crippen molar-refractivity contribution in [2.24, 2.45) is 0 Å². The van der Waals surface area contributed by atoms with Gasteiger partial charge in [-0.1, -0.05) is 17.7 Å². The van der Waals surface area contributed by atoms with Gasteiger partial charge >= 0.3 is 11.8 Å². The number of nitrogens with one attached hydrogen (secondary N) is 1. The first kappa shape index (κ1) is 16.4. The predicted molar refractivity (Wildman–Crippen MR) is 88.0 cm³/mol. The summed E-state index contributed by atoms with van der Waals surface area (Å²) < 4.78 is 13.3. The number of rotatable bonds is 2. The Morgan fingerprint density at radius 1 is 1.29 bits per heavy atom. The van der Waals surface area contributed by atoms with Crippen LogP contribution in [0.15, 0.2) is 42.6 Å². The van der Waals surface area contributed by atoms with Crippen LogP contribution in [0.1, 0.15) is 24.6 Å². The second-order valence-corrected chi connectivity index (χ2v) is 5.90. The van der Waals surface area contributed by atoms with E-state index in [9.17, 15) is 14.0 Å². The number of nitrogens with zero attached hydrogens (tertiary/aromatic N) is 2. The second kappa shape index (κ2) is 6.97. The molecule has 1 aromatic heterocycles. The number of carbonyl (C=O) groups is 2. The largest absolute Gasteiger partial charge is 0.326 e. The van der Waals surface area contributed by atoms with Crippen molar-refractivity contribution in [3.8, 4) is 0 Å². The summed E-state index contributed by atoms with van der Waals surface area (Å²) in [5, 5.41) is 2.54. The molecule has 2 heterocycles. The molecular formula is C17H15ClFN3O2. The van der Waals surface area contributed by atoms with Crippen molar-refractivity contribution < 1.29 is 14.0 Å². The highest BCUT2D eigenvalue weighted by Gasteiger charge is 2.34. The minimum atomic E-state index is -0.842. The van der Waals surface area contributed by atoms with Crippen LogP contribution < -0.4 is 5.32 Å². The van der Waals surface area contributed by atoms with Gasteiger partial charge in [-0.15, -0.1) is 0 Å². The average Bonchev–Trinajstić information content (AvgIpc) is 3.08. The predicted octanol–water partition coefficient (Wildman–Crippen LogP) is 3.18. The third-order valence-electron chi connectivity index (χ3n) is 3.91. The van der Waals surface area contributed by atoms with E-state index in [1.807, 2.05) is 12.1 Å². The molecule has 1 atom stereocenters. The molecule has 1 saturated heterocycles. The maximum atomic E-state index is 13.3. The summed E-state index contributed by atoms with van der Waals surface area (Å²) in [6.45, 7) is 0.477. The van der Waals surface area contributed by atoms with Crippen LogP contribution in [0.3, 0.4) is 0 Å². The summed E-state index contributed by atoms with van der Waals surface area (Å²) in [5.74, 6) is -2.07. The Bertz CT molecular complexity index is 770. The number of pyridine rings is 1. The quantitative estimate of drug-likeness (QED) is 0.849. The average molecular weight is 348 g/mol. The highest BCUT2D eigenvalue weighted by Crippen LogP contribution is 2.31. The third-order valence-corrected chi connectivity index (χ3v) is 4.24. The Morgan fingerprint density at radius 3 is 2.88 bits per heavy atom. The number of anilines is 1. The molecule has 1 unspecified atom stereocenters. The summed E-state index contributed by atoms with van der Waals surface area (Å²) in [6, 6.07) is 8.82. The summed E-state index contributed by atoms with van der Waals surface area (Å²) in [4.78, 5) is 30.5. The molecule has 5 nitrogen and oxygen atoms in total. The molecule has 1 fully saturated rings. The lowest BCUT2D eigenvalue weighted by Crippen LogP contribution is -2.39. The van der Waals surface area contributed by atoms with E-state index in [1.54, 1.807) is 12.3 Å². The van der Waals surface area contributed by atoms with Gasteiger partial charge in [0.2, 0.25) is 0 Å². The molecular weight excluding hydrogens is 333 g/mol. The van der Waals surface area contributed by atoms with Crippen molar-refractivity contribution in [2.75, 3.05) is 11.9 Å². The lowest BCUT2D eigenvalue weighted by Gasteiger charge is -2.23. The second-order valence-electron chi connectivity index (χ2n) is 5.49. The number of amides is 2. The lowest BCUT2D eigenvalue weighted by molar-refractivity contribution is -0.143. The van der Waals surface area contributed by atoms with Crippen LogP contribution in [0, 0.1) is 5.82 Å². The van der Waals surface area contributed by atoms with Gasteiger partial charge < -0.3 is 10.2 Å². The van der Waals surface area contributed by atoms with Crippen LogP contribution in [0.4, 0.5) is 10.1 Å². The minimum absolute atomic E-state index is 0.0728. The zero-order valence-electron chi connectivity index (χ0n) is 12.7. The molecule has 0 radical (unpaired) electrons. The number of hydrogen-bond acceptors (Lipinski definition) is 3. The van der Waals surface area contributed by atoms with Crippen LogP contribution in [-0.4, -0.2) is 28.2 Å². The van der Waals surface area contributed by atoms with Gasteiger partial charge in [-0.05, 0) is 43.2 Å². The molecule has 1 aliphatic heterocycles. The fraction of sp³-hybridized carbons (Fsp3) is 0.235. The number of halogens is 2. The maximum absolute atomic E-state index is 13.3. The molecule has 124 valence electrons. The van der Waals surface area contributed by atoms with E-state index >= 15 is 0 Å². The molecule has 0 saturated carbocycles. The molecule has 3 rings (SSSR count). The van der Waals surface area contributed by atoms with Crippen molar-refractivity contribution in [1.29, 1.82) is 0 Å². The highest BCUT2D eigenvalue weighted by atomic mass is 35.5. The number of likely N-dealkylation sites (tertiary alicyclic amines) is 1. The van der Waals surface area contributed by atoms with Crippen LogP contribution in [-0.2, 0) is 9.59 Å². The van der Waals surface area contributed by atoms with Crippen LogP contribution in [0.2, 0.25) is 5.02 Å². The number of benzene rings is 1. The van der Waals surface area contributed by atoms with E-state index in [0.29, 0.717) is 6.54 Å². The zero-order chi connectivity index (χ0) is 17.1. The highest BCUT2D eigenvalue weighted by molar-refractivity contribution is 6.41. The molecule has 7 heteroatoms. The summed E-state index contributed by atoms with van der Waals surface area (Å²) in [5.41, 5.74) is 0.823. The van der Waals surface area contributed by atoms with Gasteiger partial charge in [0.1, 0.15) is 5.82 Å². The SMILES string of the molecule is O=C(Nc1cc(F)ccc1Cl)C(=O)N1CCCC1c1ccccn1. The molecule has 2 aromatic rings. The monoisotopic (exact) mass is 347 g/mol. The van der Waals surface area contributed by atoms with E-state index in [2.05, 4.69) is 10.3 Å². The summed E-state index contributed by atoms with van der Waals surface area (Å²) in [7, 11) is 0. The van der Waals surface area contributed by atoms with Crippen molar-refractivity contribution >= 4 is 29.1 Å². The fourth-order valence-corrected chi connectivity index (χ4v) is 2.95. The first-order valence-electron chi connectivity index (χ1n) is 7.54. The number of aromatic nitrogens is 1. The third kappa shape index (κ3) is 3.38. The zero-order valence-corrected chi connectivity index (χ0v) is 13.5. The van der Waals surface area contributed by atoms with Gasteiger partial charge in [-0.2, -0.15) is 0 Å². The van der Waals surface area contributed by atoms with E-state index in [-0.39, 0.29) is 16.8 Å². The van der Waals surface area contributed by atoms with Gasteiger partial charge in [0.15, 0.2) is 0 Å². The Morgan fingerprint density at radius 2 is 2.12 bits per heavy atom. The van der Waals surface area contributed by atoms with Gasteiger partial charge in [-0.25, -0.2) is 4.39 Å². The van der Waals surface area contributed by atoms with Gasteiger partial charge in [0, 0.05) is 12.7 Å². The summed E-state index contributed by atoms with van der Waals surface area (Å²) in [6.07, 6.45) is 3.20. The van der Waals surface area contributed by atoms with Crippen LogP contribution in [0.25, 0.3) is 0 Å². The minimum Gasteiger partial charge on any atom is -0.326 e. The molecule has 1 N–H and O–H groups in total. The van der Waals surface area contributed by atoms with Gasteiger partial charge in [-0.3, -0.25) is 14.6 Å². The van der Waals surface area contributed by atoms with Crippen molar-refractivity contribution in [1.82, 2.24) is 9.88 Å². The first-order chi connectivity index (χ1) is 11.6. The molecule has 0 spiro atoms. The normalized spacial score (nSPS) is 16.9. The van der Waals surface area contributed by atoms with E-state index in [0.717, 1.165) is 24.6 Å². The van der Waals surface area contributed by atoms with E-state index < -0.39 is 17.6 Å². The van der Waals surface area contributed by atoms with Crippen molar-refractivity contribution in [3.63, 3.8) is 0 Å². The van der Waals surface area contributed by atoms with Crippen molar-refractivity contribution in [2.45, 2.75) is 18.9 Å². The van der Waals surface area contributed by atoms with E-state index in [1.165, 1.54) is 17.0 Å². The standard InChI is InChI=1S/C17H15ClFN3O2/c18-12-7-6-11(19)10-14(12)21-16(23)17(24)22-9-3-5-15(22)13-4-1-2-8-20-13/h1-2,4,6-8,10,15H,3,5,9H2,(H,21,23). The van der Waals surface area contributed by atoms with Crippen molar-refractivity contribution in [3.05, 3.63) is 59.1 Å². The molecule has 24 heavy (non-hydrogen) atoms. The molecule has 1 aromatic carbocycles. The number of hydrogen-bond donors (Lipinski definition) is 1. The Hall–Kier alpha value is -2.47. The van der Waals surface area contributed by atoms with Gasteiger partial charge in [0.05, 0.1) is 22.4 Å². The van der Waals surface area contributed by atoms with Gasteiger partial charge in [0.25, 0.3) is 0 Å². The lowest BCUT2D eigenvalue weighted by atomic mass is 10.1. The van der Waals surface area contributed by atoms with Crippen LogP contribution >= 0.6 is 11.6 Å². The molecule has 0 aliphatic carbocycles. The smallest absolute Gasteiger partial charge is 0.313 e. The Kier molecular flexibility index (Phi) is 4.76. The fourth-order valence-electron chi connectivity index (χ4n) is 2.79.